The number of benzene rings is 1. The van der Waals surface area contributed by atoms with E-state index in [9.17, 15) is 0 Å². The molecule has 1 aromatic carbocycles. The molecule has 0 aromatic heterocycles. The summed E-state index contributed by atoms with van der Waals surface area (Å²) in [6, 6.07) is 8.00. The molecule has 0 N–H and O–H groups in total. The predicted octanol–water partition coefficient (Wildman–Crippen LogP) is 2.68. The Bertz CT molecular complexity index is 305. The number of halogens is 1. The van der Waals surface area contributed by atoms with Crippen LogP contribution in [0, 0.1) is 11.8 Å². The van der Waals surface area contributed by atoms with Crippen LogP contribution in [0.5, 0.6) is 5.75 Å². The predicted molar refractivity (Wildman–Crippen MR) is 63.4 cm³/mol. The van der Waals surface area contributed by atoms with Crippen molar-refractivity contribution in [2.75, 3.05) is 11.5 Å². The van der Waals surface area contributed by atoms with Crippen LogP contribution in [0.2, 0.25) is 0 Å². The lowest BCUT2D eigenvalue weighted by Crippen LogP contribution is -1.84. The summed E-state index contributed by atoms with van der Waals surface area (Å²) in [5, 5.41) is 0. The molecule has 0 unspecified atom stereocenters. The van der Waals surface area contributed by atoms with Crippen LogP contribution in [-0.2, 0) is 6.42 Å². The number of methoxy groups -OCH3 is 1. The van der Waals surface area contributed by atoms with Crippen molar-refractivity contribution in [2.24, 2.45) is 0 Å². The Hall–Kier alpha value is -0.690. The highest BCUT2D eigenvalue weighted by molar-refractivity contribution is 14.1. The van der Waals surface area contributed by atoms with Crippen molar-refractivity contribution in [1.29, 1.82) is 0 Å². The summed E-state index contributed by atoms with van der Waals surface area (Å²) >= 11 is 2.25. The zero-order chi connectivity index (χ0) is 9.52. The van der Waals surface area contributed by atoms with Crippen LogP contribution >= 0.6 is 22.6 Å². The largest absolute Gasteiger partial charge is 0.497 e. The molecule has 0 saturated carbocycles. The van der Waals surface area contributed by atoms with Crippen LogP contribution in [0.4, 0.5) is 0 Å². The van der Waals surface area contributed by atoms with E-state index in [0.717, 1.165) is 16.6 Å². The van der Waals surface area contributed by atoms with Crippen molar-refractivity contribution in [3.05, 3.63) is 29.8 Å². The van der Waals surface area contributed by atoms with Gasteiger partial charge in [0.25, 0.3) is 0 Å². The highest BCUT2D eigenvalue weighted by Crippen LogP contribution is 2.11. The molecule has 0 aliphatic heterocycles. The molecule has 0 aliphatic carbocycles. The maximum atomic E-state index is 5.06. The van der Waals surface area contributed by atoms with E-state index in [2.05, 4.69) is 34.4 Å². The van der Waals surface area contributed by atoms with Gasteiger partial charge in [0, 0.05) is 6.42 Å². The molecule has 0 saturated heterocycles. The molecule has 1 aromatic rings. The van der Waals surface area contributed by atoms with Crippen molar-refractivity contribution in [1.82, 2.24) is 0 Å². The summed E-state index contributed by atoms with van der Waals surface area (Å²) in [7, 11) is 1.67. The minimum absolute atomic E-state index is 0.826. The average molecular weight is 286 g/mol. The van der Waals surface area contributed by atoms with Gasteiger partial charge in [-0.3, -0.25) is 0 Å². The van der Waals surface area contributed by atoms with E-state index in [1.807, 2.05) is 24.3 Å². The van der Waals surface area contributed by atoms with Gasteiger partial charge in [-0.1, -0.05) is 46.6 Å². The first-order valence-electron chi connectivity index (χ1n) is 4.01. The summed E-state index contributed by atoms with van der Waals surface area (Å²) in [4.78, 5) is 0. The average Bonchev–Trinajstić information content (AvgIpc) is 2.19. The second-order valence-electron chi connectivity index (χ2n) is 2.51. The van der Waals surface area contributed by atoms with E-state index < -0.39 is 0 Å². The second kappa shape index (κ2) is 5.87. The summed E-state index contributed by atoms with van der Waals surface area (Å²) in [5.41, 5.74) is 1.23. The van der Waals surface area contributed by atoms with Crippen LogP contribution < -0.4 is 4.74 Å². The highest BCUT2D eigenvalue weighted by Gasteiger charge is 1.90. The van der Waals surface area contributed by atoms with E-state index >= 15 is 0 Å². The molecule has 0 spiro atoms. The number of rotatable bonds is 2. The van der Waals surface area contributed by atoms with E-state index in [1.165, 1.54) is 5.56 Å². The lowest BCUT2D eigenvalue weighted by Gasteiger charge is -1.99. The summed E-state index contributed by atoms with van der Waals surface area (Å²) in [6.45, 7) is 0. The van der Waals surface area contributed by atoms with E-state index in [-0.39, 0.29) is 0 Å². The molecule has 0 bridgehead atoms. The van der Waals surface area contributed by atoms with Crippen molar-refractivity contribution >= 4 is 22.6 Å². The first-order chi connectivity index (χ1) is 6.36. The SMILES string of the molecule is COc1ccc(CC#CCI)cc1. The molecule has 0 radical (unpaired) electrons. The lowest BCUT2D eigenvalue weighted by atomic mass is 10.1. The van der Waals surface area contributed by atoms with E-state index in [4.69, 9.17) is 4.74 Å². The van der Waals surface area contributed by atoms with Gasteiger partial charge >= 0.3 is 0 Å². The van der Waals surface area contributed by atoms with Crippen LogP contribution in [0.1, 0.15) is 5.56 Å². The zero-order valence-electron chi connectivity index (χ0n) is 7.51. The van der Waals surface area contributed by atoms with Crippen LogP contribution in [0.15, 0.2) is 24.3 Å². The van der Waals surface area contributed by atoms with Crippen LogP contribution in [0.25, 0.3) is 0 Å². The van der Waals surface area contributed by atoms with E-state index in [1.54, 1.807) is 7.11 Å². The second-order valence-corrected chi connectivity index (χ2v) is 3.27. The van der Waals surface area contributed by atoms with Crippen molar-refractivity contribution < 1.29 is 4.74 Å². The number of alkyl halides is 1. The molecule has 0 fully saturated rings. The summed E-state index contributed by atoms with van der Waals surface area (Å²) in [6.07, 6.45) is 0.826. The van der Waals surface area contributed by atoms with Gasteiger partial charge in [0.2, 0.25) is 0 Å². The smallest absolute Gasteiger partial charge is 0.118 e. The Labute approximate surface area is 92.6 Å². The third kappa shape index (κ3) is 3.69. The number of hydrogen-bond donors (Lipinski definition) is 0. The zero-order valence-corrected chi connectivity index (χ0v) is 9.67. The fourth-order valence-corrected chi connectivity index (χ4v) is 1.22. The first kappa shape index (κ1) is 10.4. The third-order valence-corrected chi connectivity index (χ3v) is 2.02. The van der Waals surface area contributed by atoms with Crippen LogP contribution in [0.3, 0.4) is 0 Å². The normalized spacial score (nSPS) is 8.77. The summed E-state index contributed by atoms with van der Waals surface area (Å²) < 4.78 is 5.95. The first-order valence-corrected chi connectivity index (χ1v) is 5.54. The molecule has 1 rings (SSSR count). The van der Waals surface area contributed by atoms with Crippen LogP contribution in [-0.4, -0.2) is 11.5 Å². The molecule has 0 heterocycles. The molecule has 0 aliphatic rings. The molecule has 1 nitrogen and oxygen atoms in total. The standard InChI is InChI=1S/C11H11IO/c1-13-11-7-5-10(6-8-11)4-2-3-9-12/h5-8H,4,9H2,1H3. The van der Waals surface area contributed by atoms with Crippen molar-refractivity contribution in [3.8, 4) is 17.6 Å². The highest BCUT2D eigenvalue weighted by atomic mass is 127. The molecular weight excluding hydrogens is 275 g/mol. The van der Waals surface area contributed by atoms with Gasteiger partial charge in [-0.05, 0) is 17.7 Å². The van der Waals surface area contributed by atoms with Gasteiger partial charge in [-0.15, -0.1) is 0 Å². The minimum Gasteiger partial charge on any atom is -0.497 e. The Balaban J connectivity index is 2.59. The van der Waals surface area contributed by atoms with Gasteiger partial charge < -0.3 is 4.74 Å². The minimum atomic E-state index is 0.826. The maximum Gasteiger partial charge on any atom is 0.118 e. The fourth-order valence-electron chi connectivity index (χ4n) is 0.955. The Kier molecular flexibility index (Phi) is 4.69. The van der Waals surface area contributed by atoms with Crippen molar-refractivity contribution in [2.45, 2.75) is 6.42 Å². The number of hydrogen-bond acceptors (Lipinski definition) is 1. The quantitative estimate of drug-likeness (QED) is 0.461. The third-order valence-electron chi connectivity index (χ3n) is 1.64. The van der Waals surface area contributed by atoms with Gasteiger partial charge in [-0.25, -0.2) is 0 Å². The molecule has 13 heavy (non-hydrogen) atoms. The lowest BCUT2D eigenvalue weighted by molar-refractivity contribution is 0.414. The molecule has 68 valence electrons. The maximum absolute atomic E-state index is 5.06. The van der Waals surface area contributed by atoms with Gasteiger partial charge in [0.05, 0.1) is 11.5 Å². The molecular formula is C11H11IO. The monoisotopic (exact) mass is 286 g/mol. The Morgan fingerprint density at radius 1 is 1.23 bits per heavy atom. The van der Waals surface area contributed by atoms with Gasteiger partial charge in [-0.2, -0.15) is 0 Å². The Morgan fingerprint density at radius 3 is 2.46 bits per heavy atom. The fraction of sp³-hybridized carbons (Fsp3) is 0.273. The molecule has 0 amide bonds. The van der Waals surface area contributed by atoms with E-state index in [0.29, 0.717) is 0 Å². The van der Waals surface area contributed by atoms with Crippen molar-refractivity contribution in [3.63, 3.8) is 0 Å². The molecule has 2 heteroatoms. The van der Waals surface area contributed by atoms with Gasteiger partial charge in [0.1, 0.15) is 5.75 Å². The molecule has 0 atom stereocenters. The van der Waals surface area contributed by atoms with Gasteiger partial charge in [0.15, 0.2) is 0 Å². The Morgan fingerprint density at radius 2 is 1.92 bits per heavy atom. The topological polar surface area (TPSA) is 9.23 Å². The number of ether oxygens (including phenoxy) is 1. The summed E-state index contributed by atoms with van der Waals surface area (Å²) in [5.74, 6) is 7.02.